The minimum atomic E-state index is -0.509. The molecule has 0 aliphatic carbocycles. The Morgan fingerprint density at radius 3 is 2.83 bits per heavy atom. The van der Waals surface area contributed by atoms with E-state index in [0.29, 0.717) is 16.9 Å². The maximum Gasteiger partial charge on any atom is 0.265 e. The van der Waals surface area contributed by atoms with Gasteiger partial charge < -0.3 is 15.2 Å². The lowest BCUT2D eigenvalue weighted by molar-refractivity contribution is 0.366. The highest BCUT2D eigenvalue weighted by molar-refractivity contribution is 6.31. The second kappa shape index (κ2) is 5.37. The van der Waals surface area contributed by atoms with Gasteiger partial charge in [-0.25, -0.2) is 0 Å². The lowest BCUT2D eigenvalue weighted by Crippen LogP contribution is -2.18. The van der Waals surface area contributed by atoms with E-state index in [4.69, 9.17) is 21.9 Å². The lowest BCUT2D eigenvalue weighted by atomic mass is 10.1. The molecule has 1 heterocycles. The monoisotopic (exact) mass is 266 g/mol. The van der Waals surface area contributed by atoms with Crippen molar-refractivity contribution in [2.24, 2.45) is 5.73 Å². The molecule has 2 N–H and O–H groups in total. The molecule has 0 bridgehead atoms. The number of halogens is 1. The summed E-state index contributed by atoms with van der Waals surface area (Å²) in [6.07, 6.45) is 0. The van der Waals surface area contributed by atoms with Crippen LogP contribution in [0.2, 0.25) is 5.02 Å². The molecule has 2 aromatic rings. The first-order chi connectivity index (χ1) is 8.63. The van der Waals surface area contributed by atoms with Crippen molar-refractivity contribution in [1.29, 1.82) is 0 Å². The summed E-state index contributed by atoms with van der Waals surface area (Å²) < 4.78 is 5.17. The maximum atomic E-state index is 6.09. The van der Waals surface area contributed by atoms with Gasteiger partial charge in [-0.2, -0.15) is 4.98 Å². The van der Waals surface area contributed by atoms with E-state index in [2.05, 4.69) is 10.1 Å². The van der Waals surface area contributed by atoms with Crippen LogP contribution in [0.15, 0.2) is 28.8 Å². The summed E-state index contributed by atoms with van der Waals surface area (Å²) in [4.78, 5) is 6.13. The molecule has 1 aromatic heterocycles. The first-order valence-electron chi connectivity index (χ1n) is 5.68. The van der Waals surface area contributed by atoms with Crippen molar-refractivity contribution < 1.29 is 4.52 Å². The van der Waals surface area contributed by atoms with E-state index >= 15 is 0 Å². The largest absolute Gasteiger partial charge is 0.342 e. The third-order valence-corrected chi connectivity index (χ3v) is 3.10. The zero-order valence-corrected chi connectivity index (χ0v) is 11.1. The van der Waals surface area contributed by atoms with Crippen LogP contribution in [0.1, 0.15) is 24.4 Å². The van der Waals surface area contributed by atoms with Gasteiger partial charge in [0, 0.05) is 18.6 Å². The smallest absolute Gasteiger partial charge is 0.265 e. The highest BCUT2D eigenvalue weighted by Crippen LogP contribution is 2.25. The van der Waals surface area contributed by atoms with Crippen molar-refractivity contribution >= 4 is 17.5 Å². The number of aromatic nitrogens is 2. The molecule has 0 aliphatic rings. The number of nitrogens with zero attached hydrogens (tertiary/aromatic N) is 3. The van der Waals surface area contributed by atoms with Crippen LogP contribution in [0.25, 0.3) is 0 Å². The maximum absolute atomic E-state index is 6.09. The van der Waals surface area contributed by atoms with Gasteiger partial charge in [-0.1, -0.05) is 29.8 Å². The third-order valence-electron chi connectivity index (χ3n) is 2.75. The number of hydrogen-bond acceptors (Lipinski definition) is 5. The van der Waals surface area contributed by atoms with Crippen molar-refractivity contribution in [2.75, 3.05) is 18.5 Å². The Bertz CT molecular complexity index is 528. The molecule has 1 aromatic carbocycles. The van der Waals surface area contributed by atoms with Gasteiger partial charge in [0.2, 0.25) is 5.89 Å². The zero-order chi connectivity index (χ0) is 13.1. The Balaban J connectivity index is 2.27. The average Bonchev–Trinajstić information content (AvgIpc) is 2.87. The fraction of sp³-hybridized carbons (Fsp3) is 0.333. The van der Waals surface area contributed by atoms with Crippen LogP contribution < -0.4 is 10.6 Å². The van der Waals surface area contributed by atoms with Gasteiger partial charge in [0.25, 0.3) is 5.95 Å². The van der Waals surface area contributed by atoms with Crippen molar-refractivity contribution in [3.63, 3.8) is 0 Å². The lowest BCUT2D eigenvalue weighted by Gasteiger charge is -2.10. The van der Waals surface area contributed by atoms with E-state index in [1.54, 1.807) is 6.07 Å². The molecule has 0 saturated heterocycles. The predicted molar refractivity (Wildman–Crippen MR) is 70.7 cm³/mol. The molecule has 0 aliphatic heterocycles. The van der Waals surface area contributed by atoms with E-state index in [1.165, 1.54) is 0 Å². The molecule has 96 valence electrons. The molecule has 18 heavy (non-hydrogen) atoms. The van der Waals surface area contributed by atoms with Crippen molar-refractivity contribution in [1.82, 2.24) is 10.1 Å². The van der Waals surface area contributed by atoms with Gasteiger partial charge in [-0.15, -0.1) is 0 Å². The molecular weight excluding hydrogens is 252 g/mol. The molecule has 1 atom stereocenters. The summed E-state index contributed by atoms with van der Waals surface area (Å²) in [5.41, 5.74) is 6.84. The van der Waals surface area contributed by atoms with Crippen molar-refractivity contribution in [3.05, 3.63) is 40.7 Å². The van der Waals surface area contributed by atoms with Crippen LogP contribution in [0.3, 0.4) is 0 Å². The quantitative estimate of drug-likeness (QED) is 0.919. The van der Waals surface area contributed by atoms with E-state index in [-0.39, 0.29) is 0 Å². The van der Waals surface area contributed by atoms with E-state index < -0.39 is 6.04 Å². The van der Waals surface area contributed by atoms with Gasteiger partial charge in [-0.3, -0.25) is 0 Å². The number of rotatable bonds is 4. The van der Waals surface area contributed by atoms with E-state index in [9.17, 15) is 0 Å². The molecule has 0 unspecified atom stereocenters. The third kappa shape index (κ3) is 2.47. The summed E-state index contributed by atoms with van der Waals surface area (Å²) in [7, 11) is 1.88. The second-order valence-electron chi connectivity index (χ2n) is 3.95. The zero-order valence-electron chi connectivity index (χ0n) is 10.3. The first kappa shape index (κ1) is 12.9. The van der Waals surface area contributed by atoms with Crippen LogP contribution >= 0.6 is 11.6 Å². The van der Waals surface area contributed by atoms with E-state index in [1.807, 2.05) is 37.1 Å². The van der Waals surface area contributed by atoms with Gasteiger partial charge in [0.05, 0.1) is 0 Å². The first-order valence-corrected chi connectivity index (χ1v) is 6.06. The van der Waals surface area contributed by atoms with Crippen LogP contribution in [-0.4, -0.2) is 23.7 Å². The molecular formula is C12H15ClN4O. The Morgan fingerprint density at radius 2 is 2.17 bits per heavy atom. The topological polar surface area (TPSA) is 68.2 Å². The highest BCUT2D eigenvalue weighted by atomic mass is 35.5. The number of anilines is 1. The Kier molecular flexibility index (Phi) is 3.84. The van der Waals surface area contributed by atoms with Crippen LogP contribution in [0.4, 0.5) is 5.95 Å². The van der Waals surface area contributed by atoms with E-state index in [0.717, 1.165) is 12.1 Å². The summed E-state index contributed by atoms with van der Waals surface area (Å²) in [5.74, 6) is 0.883. The Labute approximate surface area is 111 Å². The number of hydrogen-bond donors (Lipinski definition) is 1. The van der Waals surface area contributed by atoms with Gasteiger partial charge in [-0.05, 0) is 23.7 Å². The summed E-state index contributed by atoms with van der Waals surface area (Å²) in [6.45, 7) is 2.80. The summed E-state index contributed by atoms with van der Waals surface area (Å²) >= 11 is 6.09. The van der Waals surface area contributed by atoms with Gasteiger partial charge in [0.1, 0.15) is 6.04 Å². The fourth-order valence-corrected chi connectivity index (χ4v) is 1.76. The van der Waals surface area contributed by atoms with Crippen molar-refractivity contribution in [3.8, 4) is 0 Å². The van der Waals surface area contributed by atoms with Crippen LogP contribution in [0, 0.1) is 0 Å². The summed E-state index contributed by atoms with van der Waals surface area (Å²) in [6, 6.07) is 6.84. The molecule has 0 saturated carbocycles. The van der Waals surface area contributed by atoms with Crippen molar-refractivity contribution in [2.45, 2.75) is 13.0 Å². The summed E-state index contributed by atoms with van der Waals surface area (Å²) in [5, 5.41) is 4.47. The molecule has 0 radical (unpaired) electrons. The fourth-order valence-electron chi connectivity index (χ4n) is 1.51. The number of benzene rings is 1. The molecule has 0 amide bonds. The van der Waals surface area contributed by atoms with Crippen LogP contribution in [0.5, 0.6) is 0 Å². The average molecular weight is 267 g/mol. The molecule has 6 heteroatoms. The highest BCUT2D eigenvalue weighted by Gasteiger charge is 2.19. The predicted octanol–water partition coefficient (Wildman–Crippen LogP) is 2.23. The minimum Gasteiger partial charge on any atom is -0.342 e. The Morgan fingerprint density at radius 1 is 1.44 bits per heavy atom. The number of nitrogens with two attached hydrogens (primary N) is 1. The standard InChI is InChI=1S/C12H15ClN4O/c1-3-17(2)12-15-11(18-16-12)10(14)8-6-4-5-7-9(8)13/h4-7,10H,3,14H2,1-2H3/t10-/m1/s1. The minimum absolute atomic E-state index is 0.360. The van der Waals surface area contributed by atoms with Gasteiger partial charge in [0.15, 0.2) is 0 Å². The SMILES string of the molecule is CCN(C)c1noc([C@H](N)c2ccccc2Cl)n1. The Hall–Kier alpha value is -1.59. The molecule has 0 fully saturated rings. The second-order valence-corrected chi connectivity index (χ2v) is 4.35. The van der Waals surface area contributed by atoms with Crippen LogP contribution in [-0.2, 0) is 0 Å². The molecule has 2 rings (SSSR count). The normalized spacial score (nSPS) is 12.4. The van der Waals surface area contributed by atoms with Gasteiger partial charge >= 0.3 is 0 Å². The molecule has 0 spiro atoms. The molecule has 5 nitrogen and oxygen atoms in total.